The molecule has 1 aromatic carbocycles. The van der Waals surface area contributed by atoms with Crippen LogP contribution in [0.15, 0.2) is 24.3 Å². The van der Waals surface area contributed by atoms with Gasteiger partial charge in [0.05, 0.1) is 12.5 Å². The van der Waals surface area contributed by atoms with Crippen LogP contribution in [-0.2, 0) is 9.59 Å². The molecule has 2 aromatic rings. The zero-order valence-corrected chi connectivity index (χ0v) is 15.1. The van der Waals surface area contributed by atoms with Crippen molar-refractivity contribution in [2.75, 3.05) is 38.5 Å². The molecule has 1 fully saturated rings. The van der Waals surface area contributed by atoms with Gasteiger partial charge in [-0.05, 0) is 31.3 Å². The summed E-state index contributed by atoms with van der Waals surface area (Å²) in [6.07, 6.45) is -0.0505. The Bertz CT molecular complexity index is 870. The van der Waals surface area contributed by atoms with Crippen LogP contribution in [0.4, 0.5) is 5.69 Å². The summed E-state index contributed by atoms with van der Waals surface area (Å²) in [6, 6.07) is 5.53. The Labute approximate surface area is 156 Å². The maximum absolute atomic E-state index is 12.3. The SMILES string of the molecule is CN1CCN(C(=O)C[C@H](N)C(=O)Nc2ccc3[nH]c(C(=O)O)cc3c2)CC1. The van der Waals surface area contributed by atoms with Gasteiger partial charge in [0.15, 0.2) is 0 Å². The summed E-state index contributed by atoms with van der Waals surface area (Å²) in [5.41, 5.74) is 7.12. The highest BCUT2D eigenvalue weighted by Crippen LogP contribution is 2.20. The number of nitrogens with zero attached hydrogens (tertiary/aromatic N) is 2. The molecule has 1 saturated heterocycles. The monoisotopic (exact) mass is 373 g/mol. The van der Waals surface area contributed by atoms with Gasteiger partial charge in [0.25, 0.3) is 0 Å². The number of hydrogen-bond donors (Lipinski definition) is 4. The molecule has 0 saturated carbocycles. The highest BCUT2D eigenvalue weighted by atomic mass is 16.4. The number of nitrogens with one attached hydrogen (secondary N) is 2. The Morgan fingerprint density at radius 2 is 1.93 bits per heavy atom. The summed E-state index contributed by atoms with van der Waals surface area (Å²) < 4.78 is 0. The molecule has 0 aliphatic carbocycles. The van der Waals surface area contributed by atoms with Gasteiger partial charge in [-0.15, -0.1) is 0 Å². The topological polar surface area (TPSA) is 132 Å². The number of benzene rings is 1. The summed E-state index contributed by atoms with van der Waals surface area (Å²) in [5, 5.41) is 12.4. The van der Waals surface area contributed by atoms with E-state index in [9.17, 15) is 14.4 Å². The van der Waals surface area contributed by atoms with E-state index in [4.69, 9.17) is 10.8 Å². The van der Waals surface area contributed by atoms with Gasteiger partial charge >= 0.3 is 5.97 Å². The Hall–Kier alpha value is -2.91. The number of anilines is 1. The van der Waals surface area contributed by atoms with Crippen molar-refractivity contribution in [2.24, 2.45) is 5.73 Å². The molecule has 0 radical (unpaired) electrons. The van der Waals surface area contributed by atoms with Crippen LogP contribution in [0.25, 0.3) is 10.9 Å². The van der Waals surface area contributed by atoms with Crippen molar-refractivity contribution in [3.63, 3.8) is 0 Å². The van der Waals surface area contributed by atoms with Gasteiger partial charge in [-0.3, -0.25) is 9.59 Å². The van der Waals surface area contributed by atoms with E-state index in [1.165, 1.54) is 6.07 Å². The van der Waals surface area contributed by atoms with E-state index in [-0.39, 0.29) is 18.0 Å². The van der Waals surface area contributed by atoms with E-state index in [1.54, 1.807) is 23.1 Å². The zero-order valence-electron chi connectivity index (χ0n) is 15.1. The minimum atomic E-state index is -1.05. The lowest BCUT2D eigenvalue weighted by Gasteiger charge is -2.32. The Balaban J connectivity index is 1.59. The number of aromatic amines is 1. The number of hydrogen-bond acceptors (Lipinski definition) is 5. The second-order valence-corrected chi connectivity index (χ2v) is 6.77. The Morgan fingerprint density at radius 1 is 1.22 bits per heavy atom. The molecule has 27 heavy (non-hydrogen) atoms. The molecule has 5 N–H and O–H groups in total. The van der Waals surface area contributed by atoms with E-state index < -0.39 is 17.9 Å². The average Bonchev–Trinajstić information content (AvgIpc) is 3.05. The third kappa shape index (κ3) is 4.44. The average molecular weight is 373 g/mol. The normalized spacial score (nSPS) is 16.3. The third-order valence-corrected chi connectivity index (χ3v) is 4.71. The van der Waals surface area contributed by atoms with Crippen LogP contribution < -0.4 is 11.1 Å². The predicted molar refractivity (Wildman–Crippen MR) is 101 cm³/mol. The predicted octanol–water partition coefficient (Wildman–Crippen LogP) is 0.296. The second-order valence-electron chi connectivity index (χ2n) is 6.77. The van der Waals surface area contributed by atoms with Gasteiger partial charge in [-0.1, -0.05) is 0 Å². The first-order valence-corrected chi connectivity index (χ1v) is 8.72. The van der Waals surface area contributed by atoms with Crippen molar-refractivity contribution in [1.82, 2.24) is 14.8 Å². The summed E-state index contributed by atoms with van der Waals surface area (Å²) in [5.74, 6) is -1.63. The molecule has 9 nitrogen and oxygen atoms in total. The fourth-order valence-corrected chi connectivity index (χ4v) is 3.03. The fraction of sp³-hybridized carbons (Fsp3) is 0.389. The number of fused-ring (bicyclic) bond motifs is 1. The number of rotatable bonds is 5. The highest BCUT2D eigenvalue weighted by molar-refractivity contribution is 6.00. The molecule has 144 valence electrons. The summed E-state index contributed by atoms with van der Waals surface area (Å²) in [4.78, 5) is 42.3. The van der Waals surface area contributed by atoms with E-state index in [1.807, 2.05) is 7.05 Å². The number of amides is 2. The molecule has 1 atom stereocenters. The highest BCUT2D eigenvalue weighted by Gasteiger charge is 2.24. The standard InChI is InChI=1S/C18H23N5O4/c1-22-4-6-23(7-5-22)16(24)10-13(19)17(25)20-12-2-3-14-11(8-12)9-15(21-14)18(26)27/h2-3,8-9,13,21H,4-7,10,19H2,1H3,(H,20,25)(H,26,27)/t13-/m0/s1. The van der Waals surface area contributed by atoms with Crippen LogP contribution >= 0.6 is 0 Å². The fourth-order valence-electron chi connectivity index (χ4n) is 3.03. The maximum Gasteiger partial charge on any atom is 0.352 e. The van der Waals surface area contributed by atoms with Crippen LogP contribution in [0.1, 0.15) is 16.9 Å². The zero-order chi connectivity index (χ0) is 19.6. The number of carbonyl (C=O) groups is 3. The molecule has 0 bridgehead atoms. The molecule has 1 aliphatic heterocycles. The van der Waals surface area contributed by atoms with Crippen molar-refractivity contribution in [2.45, 2.75) is 12.5 Å². The lowest BCUT2D eigenvalue weighted by atomic mass is 10.1. The van der Waals surface area contributed by atoms with Crippen molar-refractivity contribution >= 4 is 34.4 Å². The van der Waals surface area contributed by atoms with Crippen molar-refractivity contribution in [3.8, 4) is 0 Å². The number of likely N-dealkylation sites (N-methyl/N-ethyl adjacent to an activating group) is 1. The van der Waals surface area contributed by atoms with Gasteiger partial charge < -0.3 is 30.9 Å². The Morgan fingerprint density at radius 3 is 2.59 bits per heavy atom. The van der Waals surface area contributed by atoms with Crippen LogP contribution in [0.5, 0.6) is 0 Å². The Kier molecular flexibility index (Phi) is 5.43. The first-order valence-electron chi connectivity index (χ1n) is 8.72. The van der Waals surface area contributed by atoms with Crippen LogP contribution in [0, 0.1) is 0 Å². The van der Waals surface area contributed by atoms with Gasteiger partial charge in [-0.2, -0.15) is 0 Å². The summed E-state index contributed by atoms with van der Waals surface area (Å²) in [7, 11) is 2.00. The van der Waals surface area contributed by atoms with E-state index in [0.29, 0.717) is 29.7 Å². The molecule has 3 rings (SSSR count). The molecular formula is C18H23N5O4. The van der Waals surface area contributed by atoms with Gasteiger partial charge in [0.2, 0.25) is 11.8 Å². The smallest absolute Gasteiger partial charge is 0.352 e. The van der Waals surface area contributed by atoms with Crippen molar-refractivity contribution in [1.29, 1.82) is 0 Å². The van der Waals surface area contributed by atoms with Crippen LogP contribution in [0.2, 0.25) is 0 Å². The summed E-state index contributed by atoms with van der Waals surface area (Å²) >= 11 is 0. The van der Waals surface area contributed by atoms with Gasteiger partial charge in [0, 0.05) is 42.8 Å². The van der Waals surface area contributed by atoms with Crippen LogP contribution in [0.3, 0.4) is 0 Å². The number of aromatic nitrogens is 1. The van der Waals surface area contributed by atoms with Crippen LogP contribution in [-0.4, -0.2) is 76.9 Å². The van der Waals surface area contributed by atoms with Gasteiger partial charge in [-0.25, -0.2) is 4.79 Å². The molecule has 0 spiro atoms. The lowest BCUT2D eigenvalue weighted by molar-refractivity contribution is -0.134. The first kappa shape index (κ1) is 18.9. The third-order valence-electron chi connectivity index (χ3n) is 4.71. The summed E-state index contributed by atoms with van der Waals surface area (Å²) in [6.45, 7) is 2.89. The second kappa shape index (κ2) is 7.77. The minimum absolute atomic E-state index is 0.0505. The largest absolute Gasteiger partial charge is 0.477 e. The number of nitrogens with two attached hydrogens (primary N) is 1. The van der Waals surface area contributed by atoms with E-state index in [0.717, 1.165) is 13.1 Å². The number of carbonyl (C=O) groups excluding carboxylic acids is 2. The molecular weight excluding hydrogens is 350 g/mol. The quantitative estimate of drug-likeness (QED) is 0.596. The molecule has 9 heteroatoms. The molecule has 1 aromatic heterocycles. The maximum atomic E-state index is 12.3. The number of aromatic carboxylic acids is 1. The molecule has 1 aliphatic rings. The number of piperazine rings is 1. The minimum Gasteiger partial charge on any atom is -0.477 e. The number of H-pyrrole nitrogens is 1. The number of carboxylic acid groups (broad SMARTS) is 1. The first-order chi connectivity index (χ1) is 12.8. The van der Waals surface area contributed by atoms with E-state index in [2.05, 4.69) is 15.2 Å². The van der Waals surface area contributed by atoms with E-state index >= 15 is 0 Å². The lowest BCUT2D eigenvalue weighted by Crippen LogP contribution is -2.49. The molecule has 2 heterocycles. The van der Waals surface area contributed by atoms with Crippen molar-refractivity contribution in [3.05, 3.63) is 30.0 Å². The van der Waals surface area contributed by atoms with Gasteiger partial charge in [0.1, 0.15) is 5.69 Å². The number of carboxylic acids is 1. The molecule has 2 amide bonds. The van der Waals surface area contributed by atoms with Crippen molar-refractivity contribution < 1.29 is 19.5 Å². The molecule has 0 unspecified atom stereocenters.